The molecule has 7 nitrogen and oxygen atoms in total. The molecule has 1 aliphatic carbocycles. The Bertz CT molecular complexity index is 1040. The second-order valence-electron chi connectivity index (χ2n) is 6.31. The van der Waals surface area contributed by atoms with E-state index in [2.05, 4.69) is 11.1 Å². The number of pyridine rings is 1. The number of nitrogens with two attached hydrogens (primary N) is 1. The van der Waals surface area contributed by atoms with Crippen LogP contribution < -0.4 is 10.5 Å². The molecule has 1 saturated carbocycles. The van der Waals surface area contributed by atoms with E-state index in [1.807, 2.05) is 10.1 Å². The van der Waals surface area contributed by atoms with Gasteiger partial charge in [-0.05, 0) is 18.9 Å². The Morgan fingerprint density at radius 2 is 2.23 bits per heavy atom. The van der Waals surface area contributed by atoms with E-state index in [-0.39, 0.29) is 6.04 Å². The molecule has 1 aliphatic rings. The van der Waals surface area contributed by atoms with Crippen molar-refractivity contribution in [1.29, 1.82) is 5.26 Å². The molecule has 0 unspecified atom stereocenters. The molecule has 0 radical (unpaired) electrons. The highest BCUT2D eigenvalue weighted by Crippen LogP contribution is 2.40. The first-order chi connectivity index (χ1) is 12.6. The molecule has 0 saturated heterocycles. The van der Waals surface area contributed by atoms with Crippen molar-refractivity contribution in [3.8, 4) is 23.2 Å². The molecule has 26 heavy (non-hydrogen) atoms. The van der Waals surface area contributed by atoms with E-state index >= 15 is 0 Å². The number of amides is 1. The Labute approximate surface area is 154 Å². The van der Waals surface area contributed by atoms with Crippen molar-refractivity contribution in [1.82, 2.24) is 14.8 Å². The van der Waals surface area contributed by atoms with Crippen molar-refractivity contribution in [2.75, 3.05) is 7.11 Å². The molecule has 3 heterocycles. The van der Waals surface area contributed by atoms with E-state index in [1.54, 1.807) is 13.2 Å². The summed E-state index contributed by atoms with van der Waals surface area (Å²) in [5.41, 5.74) is 8.05. The number of nitrogens with zero attached hydrogens (tertiary/aromatic N) is 4. The molecule has 0 aromatic carbocycles. The van der Waals surface area contributed by atoms with Crippen molar-refractivity contribution in [3.63, 3.8) is 0 Å². The van der Waals surface area contributed by atoms with Crippen LogP contribution in [-0.2, 0) is 0 Å². The van der Waals surface area contributed by atoms with Gasteiger partial charge in [-0.25, -0.2) is 4.98 Å². The highest BCUT2D eigenvalue weighted by Gasteiger charge is 2.27. The first-order valence-electron chi connectivity index (χ1n) is 8.38. The average molecular weight is 367 g/mol. The van der Waals surface area contributed by atoms with Crippen molar-refractivity contribution in [2.45, 2.75) is 31.7 Å². The zero-order valence-corrected chi connectivity index (χ0v) is 15.0. The SMILES string of the molecule is COc1ncc(C#N)c2c1c(-c1csc(C(N)=O)c1)nn2C1CCCC1. The Kier molecular flexibility index (Phi) is 4.09. The molecule has 1 amide bonds. The predicted molar refractivity (Wildman–Crippen MR) is 98.1 cm³/mol. The van der Waals surface area contributed by atoms with Gasteiger partial charge in [0.1, 0.15) is 11.8 Å². The van der Waals surface area contributed by atoms with Crippen LogP contribution in [0.2, 0.25) is 0 Å². The molecule has 3 aromatic heterocycles. The summed E-state index contributed by atoms with van der Waals surface area (Å²) in [7, 11) is 1.55. The van der Waals surface area contributed by atoms with Gasteiger partial charge in [-0.15, -0.1) is 11.3 Å². The minimum Gasteiger partial charge on any atom is -0.480 e. The number of methoxy groups -OCH3 is 1. The number of ether oxygens (including phenoxy) is 1. The van der Waals surface area contributed by atoms with Gasteiger partial charge in [-0.2, -0.15) is 10.4 Å². The first kappa shape index (κ1) is 16.5. The second kappa shape index (κ2) is 6.42. The fraction of sp³-hybridized carbons (Fsp3) is 0.333. The van der Waals surface area contributed by atoms with Crippen LogP contribution in [0.4, 0.5) is 0 Å². The van der Waals surface area contributed by atoms with Crippen molar-refractivity contribution >= 4 is 28.1 Å². The van der Waals surface area contributed by atoms with E-state index in [0.717, 1.165) is 36.8 Å². The zero-order valence-electron chi connectivity index (χ0n) is 14.2. The second-order valence-corrected chi connectivity index (χ2v) is 7.22. The lowest BCUT2D eigenvalue weighted by molar-refractivity contribution is 0.100. The van der Waals surface area contributed by atoms with Gasteiger partial charge < -0.3 is 10.5 Å². The van der Waals surface area contributed by atoms with Crippen LogP contribution in [0.15, 0.2) is 17.6 Å². The summed E-state index contributed by atoms with van der Waals surface area (Å²) >= 11 is 1.28. The lowest BCUT2D eigenvalue weighted by atomic mass is 10.1. The lowest BCUT2D eigenvalue weighted by Crippen LogP contribution is -2.08. The normalized spacial score (nSPS) is 14.6. The number of rotatable bonds is 4. The molecule has 0 spiro atoms. The number of hydrogen-bond acceptors (Lipinski definition) is 6. The molecule has 3 aromatic rings. The number of aromatic nitrogens is 3. The average Bonchev–Trinajstić information content (AvgIpc) is 3.38. The fourth-order valence-electron chi connectivity index (χ4n) is 3.59. The number of carbonyl (C=O) groups excluding carboxylic acids is 1. The van der Waals surface area contributed by atoms with Gasteiger partial charge in [0, 0.05) is 10.9 Å². The van der Waals surface area contributed by atoms with Crippen LogP contribution in [0, 0.1) is 11.3 Å². The maximum Gasteiger partial charge on any atom is 0.258 e. The van der Waals surface area contributed by atoms with Crippen molar-refractivity contribution < 1.29 is 9.53 Å². The Balaban J connectivity index is 2.02. The number of primary amides is 1. The third-order valence-corrected chi connectivity index (χ3v) is 5.74. The standard InChI is InChI=1S/C18H17N5O2S/c1-25-18-14-15(10-6-13(17(20)24)26-9-10)22-23(12-4-2-3-5-12)16(14)11(7-19)8-21-18/h6,8-9,12H,2-5H2,1H3,(H2,20,24). The molecule has 0 aliphatic heterocycles. The van der Waals surface area contributed by atoms with E-state index in [0.29, 0.717) is 27.4 Å². The van der Waals surface area contributed by atoms with E-state index in [1.165, 1.54) is 17.5 Å². The summed E-state index contributed by atoms with van der Waals surface area (Å²) in [6, 6.07) is 4.20. The largest absolute Gasteiger partial charge is 0.480 e. The topological polar surface area (TPSA) is 107 Å². The maximum absolute atomic E-state index is 11.5. The Morgan fingerprint density at radius 1 is 1.46 bits per heavy atom. The summed E-state index contributed by atoms with van der Waals surface area (Å²) in [5, 5.41) is 17.0. The summed E-state index contributed by atoms with van der Waals surface area (Å²) in [5.74, 6) is -0.0475. The molecule has 0 bridgehead atoms. The van der Waals surface area contributed by atoms with Gasteiger partial charge >= 0.3 is 0 Å². The third kappa shape index (κ3) is 2.52. The Hall–Kier alpha value is -2.92. The van der Waals surface area contributed by atoms with E-state index in [4.69, 9.17) is 15.6 Å². The van der Waals surface area contributed by atoms with Gasteiger partial charge in [-0.1, -0.05) is 12.8 Å². The number of fused-ring (bicyclic) bond motifs is 1. The molecular formula is C18H17N5O2S. The number of hydrogen-bond donors (Lipinski definition) is 1. The smallest absolute Gasteiger partial charge is 0.258 e. The predicted octanol–water partition coefficient (Wildman–Crippen LogP) is 3.25. The van der Waals surface area contributed by atoms with Crippen LogP contribution in [0.3, 0.4) is 0 Å². The molecule has 2 N–H and O–H groups in total. The van der Waals surface area contributed by atoms with Gasteiger partial charge in [0.15, 0.2) is 0 Å². The van der Waals surface area contributed by atoms with Crippen LogP contribution in [0.1, 0.15) is 47.0 Å². The number of nitriles is 1. The zero-order chi connectivity index (χ0) is 18.3. The number of thiophene rings is 1. The quantitative estimate of drug-likeness (QED) is 0.761. The molecule has 132 valence electrons. The minimum absolute atomic E-state index is 0.250. The van der Waals surface area contributed by atoms with Gasteiger partial charge in [0.05, 0.1) is 40.7 Å². The van der Waals surface area contributed by atoms with Crippen LogP contribution in [-0.4, -0.2) is 27.8 Å². The summed E-state index contributed by atoms with van der Waals surface area (Å²) in [6.45, 7) is 0. The minimum atomic E-state index is -0.469. The maximum atomic E-state index is 11.5. The van der Waals surface area contributed by atoms with Gasteiger partial charge in [0.2, 0.25) is 5.88 Å². The summed E-state index contributed by atoms with van der Waals surface area (Å²) in [6.07, 6.45) is 5.88. The molecule has 1 fully saturated rings. The summed E-state index contributed by atoms with van der Waals surface area (Å²) < 4.78 is 7.40. The van der Waals surface area contributed by atoms with E-state index < -0.39 is 5.91 Å². The van der Waals surface area contributed by atoms with Crippen molar-refractivity contribution in [2.24, 2.45) is 5.73 Å². The van der Waals surface area contributed by atoms with Crippen LogP contribution in [0.25, 0.3) is 22.2 Å². The number of carbonyl (C=O) groups is 1. The highest BCUT2D eigenvalue weighted by molar-refractivity contribution is 7.12. The first-order valence-corrected chi connectivity index (χ1v) is 9.26. The fourth-order valence-corrected chi connectivity index (χ4v) is 4.33. The van der Waals surface area contributed by atoms with Gasteiger partial charge in [-0.3, -0.25) is 9.48 Å². The third-order valence-electron chi connectivity index (χ3n) is 4.79. The molecular weight excluding hydrogens is 350 g/mol. The van der Waals surface area contributed by atoms with Crippen LogP contribution >= 0.6 is 11.3 Å². The molecule has 4 rings (SSSR count). The molecule has 8 heteroatoms. The molecule has 0 atom stereocenters. The lowest BCUT2D eigenvalue weighted by Gasteiger charge is -2.12. The van der Waals surface area contributed by atoms with E-state index in [9.17, 15) is 10.1 Å². The van der Waals surface area contributed by atoms with Crippen molar-refractivity contribution in [3.05, 3.63) is 28.1 Å². The summed E-state index contributed by atoms with van der Waals surface area (Å²) in [4.78, 5) is 16.2. The van der Waals surface area contributed by atoms with Crippen LogP contribution in [0.5, 0.6) is 5.88 Å². The monoisotopic (exact) mass is 367 g/mol. The highest BCUT2D eigenvalue weighted by atomic mass is 32.1. The van der Waals surface area contributed by atoms with Gasteiger partial charge in [0.25, 0.3) is 5.91 Å². The Morgan fingerprint density at radius 3 is 2.85 bits per heavy atom.